The molecular weight excluding hydrogens is 797 g/mol. The van der Waals surface area contributed by atoms with Crippen molar-refractivity contribution in [2.45, 2.75) is 0 Å². The molecule has 4 atom stereocenters. The lowest BCUT2D eigenvalue weighted by Crippen LogP contribution is -2.50. The Labute approximate surface area is 365 Å². The van der Waals surface area contributed by atoms with Crippen LogP contribution < -0.4 is 9.80 Å². The van der Waals surface area contributed by atoms with Gasteiger partial charge in [-0.2, -0.15) is 0 Å². The summed E-state index contributed by atoms with van der Waals surface area (Å²) in [5.74, 6) is -5.56. The average Bonchev–Trinajstić information content (AvgIpc) is 3.97. The zero-order chi connectivity index (χ0) is 42.8. The minimum absolute atomic E-state index is 0.168. The lowest BCUT2D eigenvalue weighted by atomic mass is 9.59. The maximum atomic E-state index is 14.2. The highest BCUT2D eigenvalue weighted by molar-refractivity contribution is 6.32. The van der Waals surface area contributed by atoms with Crippen molar-refractivity contribution in [1.29, 1.82) is 0 Å². The van der Waals surface area contributed by atoms with Crippen molar-refractivity contribution in [1.82, 2.24) is 19.1 Å². The molecule has 3 fully saturated rings. The van der Waals surface area contributed by atoms with E-state index >= 15 is 0 Å². The summed E-state index contributed by atoms with van der Waals surface area (Å²) in [5, 5.41) is 4.47. The van der Waals surface area contributed by atoms with Gasteiger partial charge >= 0.3 is 0 Å². The Morgan fingerprint density at radius 3 is 1.22 bits per heavy atom. The molecule has 0 N–H and O–H groups in total. The monoisotopic (exact) mass is 830 g/mol. The Bertz CT molecular complexity index is 3560. The lowest BCUT2D eigenvalue weighted by Gasteiger charge is -2.36. The molecule has 13 rings (SSSR count). The highest BCUT2D eigenvalue weighted by Crippen LogP contribution is 2.57. The summed E-state index contributed by atoms with van der Waals surface area (Å²) in [6.07, 6.45) is 0. The van der Waals surface area contributed by atoms with E-state index in [1.807, 2.05) is 97.1 Å². The number of fused-ring (bicyclic) bond motifs is 10. The molecule has 6 aromatic carbocycles. The van der Waals surface area contributed by atoms with Crippen LogP contribution in [0.25, 0.3) is 77.5 Å². The molecule has 0 radical (unpaired) electrons. The predicted molar refractivity (Wildman–Crippen MR) is 247 cm³/mol. The Kier molecular flexibility index (Phi) is 7.63. The number of carbonyl (C=O) groups is 4. The van der Waals surface area contributed by atoms with Gasteiger partial charge in [-0.05, 0) is 78.9 Å². The van der Waals surface area contributed by atoms with Gasteiger partial charge in [0.2, 0.25) is 23.6 Å². The van der Waals surface area contributed by atoms with Crippen molar-refractivity contribution >= 4 is 78.9 Å². The molecule has 4 amide bonds. The summed E-state index contributed by atoms with van der Waals surface area (Å²) < 4.78 is 4.46. The largest absolute Gasteiger partial charge is 0.309 e. The molecule has 4 unspecified atom stereocenters. The second kappa shape index (κ2) is 13.5. The fourth-order valence-electron chi connectivity index (χ4n) is 10.6. The predicted octanol–water partition coefficient (Wildman–Crippen LogP) is 9.93. The van der Waals surface area contributed by atoms with Crippen LogP contribution in [-0.4, -0.2) is 42.7 Å². The van der Waals surface area contributed by atoms with Crippen LogP contribution in [0.5, 0.6) is 0 Å². The number of nitrogens with zero attached hydrogens (tertiary/aromatic N) is 6. The first-order valence-electron chi connectivity index (χ1n) is 21.3. The summed E-state index contributed by atoms with van der Waals surface area (Å²) in [5.41, 5.74) is 9.14. The van der Waals surface area contributed by atoms with Crippen molar-refractivity contribution in [3.05, 3.63) is 182 Å². The van der Waals surface area contributed by atoms with E-state index in [1.165, 1.54) is 10.8 Å². The van der Waals surface area contributed by atoms with Gasteiger partial charge in [-0.3, -0.25) is 19.2 Å². The number of aromatic nitrogens is 4. The van der Waals surface area contributed by atoms with Crippen LogP contribution in [-0.2, 0) is 19.2 Å². The minimum Gasteiger partial charge on any atom is -0.309 e. The van der Waals surface area contributed by atoms with Crippen LogP contribution in [0.3, 0.4) is 0 Å². The van der Waals surface area contributed by atoms with E-state index in [0.717, 1.165) is 65.1 Å². The number of rotatable bonds is 6. The van der Waals surface area contributed by atoms with Crippen molar-refractivity contribution in [3.8, 4) is 33.9 Å². The van der Waals surface area contributed by atoms with Crippen LogP contribution in [0.15, 0.2) is 182 Å². The van der Waals surface area contributed by atoms with Gasteiger partial charge in [-0.15, -0.1) is 0 Å². The first kappa shape index (κ1) is 36.2. The molecule has 2 saturated heterocycles. The van der Waals surface area contributed by atoms with Gasteiger partial charge in [0.05, 0.1) is 57.1 Å². The van der Waals surface area contributed by atoms with Gasteiger partial charge in [0.15, 0.2) is 0 Å². The summed E-state index contributed by atoms with van der Waals surface area (Å²) in [7, 11) is 0. The number of amides is 4. The van der Waals surface area contributed by atoms with E-state index in [0.29, 0.717) is 11.4 Å². The molecule has 10 aromatic rings. The van der Waals surface area contributed by atoms with Crippen molar-refractivity contribution in [3.63, 3.8) is 0 Å². The number of hydrogen-bond donors (Lipinski definition) is 0. The molecule has 304 valence electrons. The van der Waals surface area contributed by atoms with Crippen LogP contribution in [0.4, 0.5) is 11.6 Å². The molecule has 10 nitrogen and oxygen atoms in total. The van der Waals surface area contributed by atoms with E-state index in [4.69, 9.17) is 9.97 Å². The number of para-hydroxylation sites is 4. The average molecular weight is 831 g/mol. The summed E-state index contributed by atoms with van der Waals surface area (Å²) in [6.45, 7) is 0. The van der Waals surface area contributed by atoms with Gasteiger partial charge < -0.3 is 9.13 Å². The Morgan fingerprint density at radius 2 is 0.719 bits per heavy atom. The Hall–Kier alpha value is -8.50. The number of carbonyl (C=O) groups excluding carboxylic acids is 4. The third-order valence-electron chi connectivity index (χ3n) is 13.5. The smallest absolute Gasteiger partial charge is 0.239 e. The molecule has 1 saturated carbocycles. The van der Waals surface area contributed by atoms with Crippen LogP contribution in [0, 0.1) is 23.7 Å². The molecule has 0 bridgehead atoms. The molecule has 2 aliphatic heterocycles. The highest BCUT2D eigenvalue weighted by atomic mass is 16.2. The maximum absolute atomic E-state index is 14.2. The van der Waals surface area contributed by atoms with Gasteiger partial charge in [0, 0.05) is 44.0 Å². The fourth-order valence-corrected chi connectivity index (χ4v) is 10.6. The van der Waals surface area contributed by atoms with Crippen LogP contribution in [0.1, 0.15) is 0 Å². The van der Waals surface area contributed by atoms with E-state index < -0.39 is 47.3 Å². The SMILES string of the molecule is O=C1C2C(C(=O)N1c1cccc(-c3ccc(-n4c5ccccc5c5ccccc54)cc3)n1)C1C(=O)N(c3cccc(-c4ccc5c(c4)c4ccccc4n5-c4ccccc4)n3)C(=O)C21. The molecule has 6 heterocycles. The van der Waals surface area contributed by atoms with Crippen molar-refractivity contribution in [2.24, 2.45) is 23.7 Å². The zero-order valence-corrected chi connectivity index (χ0v) is 33.9. The third kappa shape index (κ3) is 5.01. The number of benzene rings is 6. The highest BCUT2D eigenvalue weighted by Gasteiger charge is 2.74. The summed E-state index contributed by atoms with van der Waals surface area (Å²) in [4.78, 5) is 68.4. The first-order chi connectivity index (χ1) is 31.4. The standard InChI is InChI=1S/C54H34N6O4/c61-51-47-48(52(62)59(51)45-22-10-17-39(55-45)31-24-27-34(28-25-31)58-41-19-7-4-14-35(41)36-15-5-8-20-42(36)58)50-49(47)53(63)60(54(50)64)46-23-11-18-40(56-46)32-26-29-44-38(30-32)37-16-6-9-21-43(37)57(44)33-12-2-1-3-13-33/h1-30,47-50H. The second-order valence-electron chi connectivity index (χ2n) is 16.7. The maximum Gasteiger partial charge on any atom is 0.239 e. The fraction of sp³-hybridized carbons (Fsp3) is 0.0741. The number of pyridine rings is 2. The molecular formula is C54H34N6O4. The van der Waals surface area contributed by atoms with Crippen LogP contribution in [0.2, 0.25) is 0 Å². The van der Waals surface area contributed by atoms with Crippen molar-refractivity contribution in [2.75, 3.05) is 9.80 Å². The summed E-state index contributed by atoms with van der Waals surface area (Å²) in [6, 6.07) is 59.7. The molecule has 1 aliphatic carbocycles. The van der Waals surface area contributed by atoms with Crippen LogP contribution >= 0.6 is 0 Å². The van der Waals surface area contributed by atoms with Crippen molar-refractivity contribution < 1.29 is 19.2 Å². The number of anilines is 2. The normalized spacial score (nSPS) is 19.3. The Balaban J connectivity index is 0.773. The molecule has 4 aromatic heterocycles. The molecule has 64 heavy (non-hydrogen) atoms. The summed E-state index contributed by atoms with van der Waals surface area (Å²) >= 11 is 0. The van der Waals surface area contributed by atoms with Gasteiger partial charge in [-0.25, -0.2) is 19.8 Å². The third-order valence-corrected chi connectivity index (χ3v) is 13.5. The van der Waals surface area contributed by atoms with E-state index in [9.17, 15) is 19.2 Å². The number of imide groups is 2. The van der Waals surface area contributed by atoms with Gasteiger partial charge in [-0.1, -0.05) is 103 Å². The van der Waals surface area contributed by atoms with Gasteiger partial charge in [0.1, 0.15) is 11.6 Å². The molecule has 0 spiro atoms. The zero-order valence-electron chi connectivity index (χ0n) is 33.9. The van der Waals surface area contributed by atoms with E-state index in [1.54, 1.807) is 24.3 Å². The molecule has 3 aliphatic rings. The molecule has 10 heteroatoms. The first-order valence-corrected chi connectivity index (χ1v) is 21.3. The van der Waals surface area contributed by atoms with Gasteiger partial charge in [0.25, 0.3) is 0 Å². The van der Waals surface area contributed by atoms with E-state index in [-0.39, 0.29) is 11.6 Å². The topological polar surface area (TPSA) is 110 Å². The van der Waals surface area contributed by atoms with E-state index in [2.05, 4.69) is 69.8 Å². The number of hydrogen-bond acceptors (Lipinski definition) is 6. The minimum atomic E-state index is -0.957. The lowest BCUT2D eigenvalue weighted by molar-refractivity contribution is -0.146. The second-order valence-corrected chi connectivity index (χ2v) is 16.7. The quantitative estimate of drug-likeness (QED) is 0.154. The Morgan fingerprint density at radius 1 is 0.328 bits per heavy atom.